The number of nitriles is 1. The van der Waals surface area contributed by atoms with Crippen molar-refractivity contribution in [3.63, 3.8) is 0 Å². The summed E-state index contributed by atoms with van der Waals surface area (Å²) in [5, 5.41) is 9.23. The fourth-order valence-corrected chi connectivity index (χ4v) is 4.20. The Balaban J connectivity index is 1.59. The zero-order chi connectivity index (χ0) is 22.0. The van der Waals surface area contributed by atoms with Crippen molar-refractivity contribution in [2.75, 3.05) is 25.4 Å². The predicted octanol–water partition coefficient (Wildman–Crippen LogP) is 3.07. The van der Waals surface area contributed by atoms with Gasteiger partial charge in [-0.2, -0.15) is 5.26 Å². The molecule has 2 amide bonds. The second-order valence-electron chi connectivity index (χ2n) is 8.30. The molecule has 0 radical (unpaired) electrons. The van der Waals surface area contributed by atoms with Gasteiger partial charge >= 0.3 is 0 Å². The summed E-state index contributed by atoms with van der Waals surface area (Å²) >= 11 is 0. The number of carbonyl (C=O) groups is 2. The fraction of sp³-hybridized carbons (Fsp3) is 0.417. The number of hydrogen-bond donors (Lipinski definition) is 1. The average molecular weight is 418 g/mol. The van der Waals surface area contributed by atoms with Crippen molar-refractivity contribution in [1.82, 2.24) is 14.8 Å². The minimum absolute atomic E-state index is 0.0558. The molecule has 4 rings (SSSR count). The van der Waals surface area contributed by atoms with Crippen LogP contribution in [-0.4, -0.2) is 52.3 Å². The highest BCUT2D eigenvalue weighted by atomic mass is 16.2. The summed E-state index contributed by atoms with van der Waals surface area (Å²) in [4.78, 5) is 34.1. The lowest BCUT2D eigenvalue weighted by molar-refractivity contribution is -0.140. The number of amides is 2. The molecule has 2 heterocycles. The first-order chi connectivity index (χ1) is 15.0. The van der Waals surface area contributed by atoms with Gasteiger partial charge in [-0.15, -0.1) is 0 Å². The summed E-state index contributed by atoms with van der Waals surface area (Å²) in [7, 11) is 0. The molecule has 2 aliphatic rings. The van der Waals surface area contributed by atoms with Crippen molar-refractivity contribution < 1.29 is 9.59 Å². The molecule has 1 unspecified atom stereocenters. The fourth-order valence-electron chi connectivity index (χ4n) is 4.20. The highest BCUT2D eigenvalue weighted by Crippen LogP contribution is 2.35. The molecule has 31 heavy (non-hydrogen) atoms. The second kappa shape index (κ2) is 8.76. The molecule has 2 N–H and O–H groups in total. The third kappa shape index (κ3) is 4.38. The maximum atomic E-state index is 13.4. The van der Waals surface area contributed by atoms with E-state index in [1.54, 1.807) is 29.3 Å². The minimum atomic E-state index is -0.395. The summed E-state index contributed by atoms with van der Waals surface area (Å²) in [6, 6.07) is 10.6. The van der Waals surface area contributed by atoms with Crippen molar-refractivity contribution >= 4 is 17.6 Å². The van der Waals surface area contributed by atoms with E-state index in [0.29, 0.717) is 36.7 Å². The minimum Gasteiger partial charge on any atom is -0.383 e. The van der Waals surface area contributed by atoms with E-state index in [9.17, 15) is 14.9 Å². The highest BCUT2D eigenvalue weighted by molar-refractivity contribution is 5.99. The number of benzene rings is 1. The number of nitrogen functional groups attached to an aromatic ring is 1. The van der Waals surface area contributed by atoms with E-state index in [4.69, 9.17) is 5.73 Å². The molecule has 2 aromatic rings. The lowest BCUT2D eigenvalue weighted by Gasteiger charge is -2.40. The van der Waals surface area contributed by atoms with Gasteiger partial charge in [-0.1, -0.05) is 25.0 Å². The van der Waals surface area contributed by atoms with E-state index in [0.717, 1.165) is 24.0 Å². The SMILES string of the molecule is CCN1CCN(C(=O)c2cccc(-c3cnc(N)c(C#N)c3)c2)C(CCC2CC2)C1=O. The van der Waals surface area contributed by atoms with E-state index < -0.39 is 6.04 Å². The van der Waals surface area contributed by atoms with E-state index >= 15 is 0 Å². The van der Waals surface area contributed by atoms with E-state index in [1.807, 2.05) is 30.0 Å². The van der Waals surface area contributed by atoms with E-state index in [-0.39, 0.29) is 17.6 Å². The van der Waals surface area contributed by atoms with Gasteiger partial charge in [-0.25, -0.2) is 4.98 Å². The largest absolute Gasteiger partial charge is 0.383 e. The van der Waals surface area contributed by atoms with Gasteiger partial charge in [-0.3, -0.25) is 9.59 Å². The van der Waals surface area contributed by atoms with E-state index in [1.165, 1.54) is 12.8 Å². The van der Waals surface area contributed by atoms with E-state index in [2.05, 4.69) is 4.98 Å². The van der Waals surface area contributed by atoms with Gasteiger partial charge in [0.05, 0.1) is 5.56 Å². The Hall–Kier alpha value is -3.40. The number of nitrogens with two attached hydrogens (primary N) is 1. The monoisotopic (exact) mass is 417 g/mol. The third-order valence-corrected chi connectivity index (χ3v) is 6.25. The maximum absolute atomic E-state index is 13.4. The number of hydrogen-bond acceptors (Lipinski definition) is 5. The first-order valence-electron chi connectivity index (χ1n) is 10.9. The Morgan fingerprint density at radius 2 is 2.03 bits per heavy atom. The molecule has 0 bridgehead atoms. The lowest BCUT2D eigenvalue weighted by atomic mass is 9.99. The summed E-state index contributed by atoms with van der Waals surface area (Å²) in [6.07, 6.45) is 5.77. The standard InChI is InChI=1S/C24H27N5O2/c1-2-28-10-11-29(21(24(28)31)9-8-16-6-7-16)23(30)18-5-3-4-17(12-18)20-13-19(14-25)22(26)27-15-20/h3-5,12-13,15-16,21H,2,6-11H2,1H3,(H2,26,27). The lowest BCUT2D eigenvalue weighted by Crippen LogP contribution is -2.58. The van der Waals surface area contributed by atoms with Crippen LogP contribution >= 0.6 is 0 Å². The van der Waals surface area contributed by atoms with Gasteiger partial charge in [-0.05, 0) is 49.4 Å². The molecular weight excluding hydrogens is 390 g/mol. The molecule has 1 atom stereocenters. The summed E-state index contributed by atoms with van der Waals surface area (Å²) < 4.78 is 0. The molecule has 7 nitrogen and oxygen atoms in total. The molecule has 1 saturated carbocycles. The maximum Gasteiger partial charge on any atom is 0.254 e. The van der Waals surface area contributed by atoms with Crippen LogP contribution in [-0.2, 0) is 4.79 Å². The molecule has 160 valence electrons. The zero-order valence-corrected chi connectivity index (χ0v) is 17.8. The first-order valence-corrected chi connectivity index (χ1v) is 10.9. The predicted molar refractivity (Wildman–Crippen MR) is 118 cm³/mol. The van der Waals surface area contributed by atoms with Crippen LogP contribution in [0.25, 0.3) is 11.1 Å². The quantitative estimate of drug-likeness (QED) is 0.778. The van der Waals surface area contributed by atoms with Crippen molar-refractivity contribution in [2.24, 2.45) is 5.92 Å². The molecule has 1 aliphatic carbocycles. The van der Waals surface area contributed by atoms with Gasteiger partial charge in [0.2, 0.25) is 5.91 Å². The molecule has 2 fully saturated rings. The van der Waals surface area contributed by atoms with Crippen LogP contribution in [0.4, 0.5) is 5.82 Å². The van der Waals surface area contributed by atoms with Gasteiger partial charge in [0.1, 0.15) is 17.9 Å². The highest BCUT2D eigenvalue weighted by Gasteiger charge is 2.38. The summed E-state index contributed by atoms with van der Waals surface area (Å²) in [5.41, 5.74) is 8.06. The number of pyridine rings is 1. The Labute approximate surface area is 182 Å². The zero-order valence-electron chi connectivity index (χ0n) is 17.8. The van der Waals surface area contributed by atoms with Crippen LogP contribution in [0.1, 0.15) is 48.5 Å². The smallest absolute Gasteiger partial charge is 0.254 e. The molecule has 7 heteroatoms. The van der Waals surface area contributed by atoms with Gasteiger partial charge < -0.3 is 15.5 Å². The number of rotatable bonds is 6. The topological polar surface area (TPSA) is 103 Å². The van der Waals surface area contributed by atoms with Gasteiger partial charge in [0, 0.05) is 37.0 Å². The van der Waals surface area contributed by atoms with Gasteiger partial charge in [0.15, 0.2) is 0 Å². The van der Waals surface area contributed by atoms with Crippen molar-refractivity contribution in [2.45, 2.75) is 38.6 Å². The number of likely N-dealkylation sites (N-methyl/N-ethyl adjacent to an activating group) is 1. The average Bonchev–Trinajstić information content (AvgIpc) is 3.62. The number of aromatic nitrogens is 1. The van der Waals surface area contributed by atoms with Crippen LogP contribution < -0.4 is 5.73 Å². The van der Waals surface area contributed by atoms with Crippen molar-refractivity contribution in [1.29, 1.82) is 5.26 Å². The Morgan fingerprint density at radius 3 is 2.74 bits per heavy atom. The Bertz CT molecular complexity index is 1040. The third-order valence-electron chi connectivity index (χ3n) is 6.25. The Kier molecular flexibility index (Phi) is 5.90. The molecular formula is C24H27N5O2. The molecule has 0 spiro atoms. The number of piperazine rings is 1. The number of nitrogens with zero attached hydrogens (tertiary/aromatic N) is 4. The summed E-state index contributed by atoms with van der Waals surface area (Å²) in [6.45, 7) is 3.75. The molecule has 1 aliphatic heterocycles. The van der Waals surface area contributed by atoms with Crippen LogP contribution in [0.3, 0.4) is 0 Å². The number of anilines is 1. The number of carbonyl (C=O) groups excluding carboxylic acids is 2. The van der Waals surface area contributed by atoms with Crippen LogP contribution in [0.5, 0.6) is 0 Å². The normalized spacial score (nSPS) is 18.7. The van der Waals surface area contributed by atoms with Crippen LogP contribution in [0, 0.1) is 17.2 Å². The van der Waals surface area contributed by atoms with Gasteiger partial charge in [0.25, 0.3) is 5.91 Å². The summed E-state index contributed by atoms with van der Waals surface area (Å²) in [5.74, 6) is 0.817. The molecule has 1 saturated heterocycles. The Morgan fingerprint density at radius 1 is 1.23 bits per heavy atom. The first kappa shape index (κ1) is 20.9. The molecule has 1 aromatic carbocycles. The van der Waals surface area contributed by atoms with Crippen molar-refractivity contribution in [3.8, 4) is 17.2 Å². The second-order valence-corrected chi connectivity index (χ2v) is 8.30. The van der Waals surface area contributed by atoms with Crippen molar-refractivity contribution in [3.05, 3.63) is 47.7 Å². The van der Waals surface area contributed by atoms with Crippen LogP contribution in [0.15, 0.2) is 36.5 Å². The van der Waals surface area contributed by atoms with Crippen LogP contribution in [0.2, 0.25) is 0 Å². The molecule has 1 aromatic heterocycles.